The minimum Gasteiger partial charge on any atom is -0.508 e. The molecule has 3 saturated carbocycles. The average molecular weight is 276 g/mol. The van der Waals surface area contributed by atoms with Crippen LogP contribution < -0.4 is 0 Å². The van der Waals surface area contributed by atoms with Crippen LogP contribution in [0.5, 0.6) is 5.75 Å². The van der Waals surface area contributed by atoms with E-state index in [0.717, 1.165) is 19.3 Å². The van der Waals surface area contributed by atoms with Crippen molar-refractivity contribution in [1.82, 2.24) is 0 Å². The molecule has 3 aliphatic rings. The third-order valence-electron chi connectivity index (χ3n) is 5.35. The van der Waals surface area contributed by atoms with Crippen molar-refractivity contribution in [3.63, 3.8) is 0 Å². The van der Waals surface area contributed by atoms with Crippen LogP contribution in [0.1, 0.15) is 44.1 Å². The van der Waals surface area contributed by atoms with E-state index in [2.05, 4.69) is 12.1 Å². The van der Waals surface area contributed by atoms with Gasteiger partial charge < -0.3 is 14.6 Å². The first kappa shape index (κ1) is 13.9. The van der Waals surface area contributed by atoms with E-state index in [1.54, 1.807) is 7.11 Å². The Balaban J connectivity index is 1.68. The van der Waals surface area contributed by atoms with Crippen molar-refractivity contribution in [3.05, 3.63) is 29.8 Å². The second kappa shape index (κ2) is 5.38. The van der Waals surface area contributed by atoms with Gasteiger partial charge in [-0.05, 0) is 61.6 Å². The first-order chi connectivity index (χ1) is 9.68. The molecule has 2 bridgehead atoms. The van der Waals surface area contributed by atoms with Gasteiger partial charge in [0, 0.05) is 7.11 Å². The Labute approximate surface area is 120 Å². The lowest BCUT2D eigenvalue weighted by atomic mass is 9.56. The summed E-state index contributed by atoms with van der Waals surface area (Å²) < 4.78 is 11.2. The second-order valence-electron chi connectivity index (χ2n) is 6.35. The number of ether oxygens (including phenoxy) is 2. The third-order valence-corrected chi connectivity index (χ3v) is 5.35. The Kier molecular flexibility index (Phi) is 3.74. The molecule has 0 spiro atoms. The average Bonchev–Trinajstić information content (AvgIpc) is 2.50. The summed E-state index contributed by atoms with van der Waals surface area (Å²) in [5, 5.41) is 9.45. The fourth-order valence-corrected chi connectivity index (χ4v) is 3.96. The molecule has 1 N–H and O–H groups in total. The number of phenols is 1. The van der Waals surface area contributed by atoms with Gasteiger partial charge in [-0.2, -0.15) is 0 Å². The van der Waals surface area contributed by atoms with Gasteiger partial charge in [-0.3, -0.25) is 0 Å². The normalized spacial score (nSPS) is 32.5. The fourth-order valence-electron chi connectivity index (χ4n) is 3.96. The molecule has 0 atom stereocenters. The zero-order valence-electron chi connectivity index (χ0n) is 12.2. The molecule has 0 aromatic heterocycles. The standard InChI is InChI=1S/C17H24O3/c1-19-12-13-20-17-9-6-16(7-10-17,8-11-17)14-2-4-15(18)5-3-14/h2-5,18H,6-13H2,1H3. The lowest BCUT2D eigenvalue weighted by molar-refractivity contribution is -0.127. The monoisotopic (exact) mass is 276 g/mol. The third kappa shape index (κ3) is 2.45. The largest absolute Gasteiger partial charge is 0.508 e. The van der Waals surface area contributed by atoms with Crippen LogP contribution in [0.3, 0.4) is 0 Å². The number of phenolic OH excluding ortho intramolecular Hbond substituents is 1. The van der Waals surface area contributed by atoms with Crippen molar-refractivity contribution in [2.75, 3.05) is 20.3 Å². The molecule has 20 heavy (non-hydrogen) atoms. The lowest BCUT2D eigenvalue weighted by Gasteiger charge is -2.53. The molecule has 0 radical (unpaired) electrons. The summed E-state index contributed by atoms with van der Waals surface area (Å²) in [6.07, 6.45) is 7.05. The summed E-state index contributed by atoms with van der Waals surface area (Å²) in [6, 6.07) is 7.82. The molecule has 3 aliphatic carbocycles. The summed E-state index contributed by atoms with van der Waals surface area (Å²) in [4.78, 5) is 0. The molecule has 0 unspecified atom stereocenters. The van der Waals surface area contributed by atoms with E-state index in [1.807, 2.05) is 12.1 Å². The molecule has 1 aromatic carbocycles. The van der Waals surface area contributed by atoms with E-state index in [-0.39, 0.29) is 5.60 Å². The number of methoxy groups -OCH3 is 1. The summed E-state index contributed by atoms with van der Waals surface area (Å²) in [5.41, 5.74) is 1.82. The quantitative estimate of drug-likeness (QED) is 0.838. The van der Waals surface area contributed by atoms with E-state index < -0.39 is 0 Å². The number of fused-ring (bicyclic) bond motifs is 3. The van der Waals surface area contributed by atoms with E-state index in [4.69, 9.17) is 9.47 Å². The van der Waals surface area contributed by atoms with E-state index in [1.165, 1.54) is 24.8 Å². The second-order valence-corrected chi connectivity index (χ2v) is 6.35. The van der Waals surface area contributed by atoms with Crippen LogP contribution in [0.2, 0.25) is 0 Å². The molecule has 0 amide bonds. The summed E-state index contributed by atoms with van der Waals surface area (Å²) >= 11 is 0. The number of hydrogen-bond acceptors (Lipinski definition) is 3. The number of aromatic hydroxyl groups is 1. The molecule has 0 heterocycles. The fraction of sp³-hybridized carbons (Fsp3) is 0.647. The molecule has 1 aromatic rings. The lowest BCUT2D eigenvalue weighted by Crippen LogP contribution is -2.50. The van der Waals surface area contributed by atoms with Crippen LogP contribution >= 0.6 is 0 Å². The smallest absolute Gasteiger partial charge is 0.115 e. The minimum absolute atomic E-state index is 0.108. The van der Waals surface area contributed by atoms with Crippen LogP contribution in [-0.4, -0.2) is 31.0 Å². The highest BCUT2D eigenvalue weighted by Crippen LogP contribution is 2.55. The maximum Gasteiger partial charge on any atom is 0.115 e. The zero-order valence-corrected chi connectivity index (χ0v) is 12.2. The highest BCUT2D eigenvalue weighted by molar-refractivity contribution is 5.33. The molecule has 3 fully saturated rings. The molecule has 3 nitrogen and oxygen atoms in total. The molecule has 110 valence electrons. The van der Waals surface area contributed by atoms with Crippen LogP contribution in [0.25, 0.3) is 0 Å². The van der Waals surface area contributed by atoms with Gasteiger partial charge in [-0.1, -0.05) is 12.1 Å². The van der Waals surface area contributed by atoms with Crippen molar-refractivity contribution in [2.45, 2.75) is 49.5 Å². The van der Waals surface area contributed by atoms with Crippen molar-refractivity contribution < 1.29 is 14.6 Å². The van der Waals surface area contributed by atoms with Gasteiger partial charge in [0.15, 0.2) is 0 Å². The van der Waals surface area contributed by atoms with E-state index in [9.17, 15) is 5.11 Å². The van der Waals surface area contributed by atoms with Crippen molar-refractivity contribution >= 4 is 0 Å². The van der Waals surface area contributed by atoms with E-state index >= 15 is 0 Å². The van der Waals surface area contributed by atoms with Crippen LogP contribution in [-0.2, 0) is 14.9 Å². The Morgan fingerprint density at radius 1 is 0.950 bits per heavy atom. The van der Waals surface area contributed by atoms with Crippen molar-refractivity contribution in [1.29, 1.82) is 0 Å². The molecular weight excluding hydrogens is 252 g/mol. The molecule has 3 heteroatoms. The van der Waals surface area contributed by atoms with Crippen LogP contribution in [0.15, 0.2) is 24.3 Å². The Morgan fingerprint density at radius 3 is 2.10 bits per heavy atom. The van der Waals surface area contributed by atoms with Crippen LogP contribution in [0.4, 0.5) is 0 Å². The highest BCUT2D eigenvalue weighted by atomic mass is 16.5. The van der Waals surface area contributed by atoms with Crippen LogP contribution in [0, 0.1) is 0 Å². The summed E-state index contributed by atoms with van der Waals surface area (Å²) in [7, 11) is 1.72. The van der Waals surface area contributed by atoms with Gasteiger partial charge in [0.1, 0.15) is 5.75 Å². The number of rotatable bonds is 5. The molecular formula is C17H24O3. The van der Waals surface area contributed by atoms with Gasteiger partial charge in [-0.15, -0.1) is 0 Å². The van der Waals surface area contributed by atoms with Gasteiger partial charge in [0.05, 0.1) is 18.8 Å². The highest BCUT2D eigenvalue weighted by Gasteiger charge is 2.49. The molecule has 4 rings (SSSR count). The Bertz CT molecular complexity index is 427. The maximum absolute atomic E-state index is 9.45. The van der Waals surface area contributed by atoms with Gasteiger partial charge in [0.2, 0.25) is 0 Å². The van der Waals surface area contributed by atoms with Crippen molar-refractivity contribution in [2.24, 2.45) is 0 Å². The van der Waals surface area contributed by atoms with Crippen molar-refractivity contribution in [3.8, 4) is 5.75 Å². The number of hydrogen-bond donors (Lipinski definition) is 1. The predicted octanol–water partition coefficient (Wildman–Crippen LogP) is 3.40. The Morgan fingerprint density at radius 2 is 1.55 bits per heavy atom. The summed E-state index contributed by atoms with van der Waals surface area (Å²) in [6.45, 7) is 1.40. The Hall–Kier alpha value is -1.06. The maximum atomic E-state index is 9.45. The zero-order chi connectivity index (χ0) is 14.1. The SMILES string of the molecule is COCCOC12CCC(c3ccc(O)cc3)(CC1)CC2. The topological polar surface area (TPSA) is 38.7 Å². The number of benzene rings is 1. The van der Waals surface area contributed by atoms with Gasteiger partial charge >= 0.3 is 0 Å². The minimum atomic E-state index is 0.108. The van der Waals surface area contributed by atoms with Gasteiger partial charge in [0.25, 0.3) is 0 Å². The van der Waals surface area contributed by atoms with Gasteiger partial charge in [-0.25, -0.2) is 0 Å². The first-order valence-corrected chi connectivity index (χ1v) is 7.61. The molecule has 0 aliphatic heterocycles. The molecule has 0 saturated heterocycles. The summed E-state index contributed by atoms with van der Waals surface area (Å²) in [5.74, 6) is 0.356. The predicted molar refractivity (Wildman–Crippen MR) is 78.0 cm³/mol. The van der Waals surface area contributed by atoms with E-state index in [0.29, 0.717) is 24.4 Å². The first-order valence-electron chi connectivity index (χ1n) is 7.61.